The Labute approximate surface area is 109 Å². The molecule has 2 N–H and O–H groups in total. The van der Waals surface area contributed by atoms with Gasteiger partial charge in [0, 0.05) is 6.07 Å². The summed E-state index contributed by atoms with van der Waals surface area (Å²) in [6, 6.07) is 3.15. The van der Waals surface area contributed by atoms with Crippen molar-refractivity contribution in [3.63, 3.8) is 0 Å². The zero-order valence-corrected chi connectivity index (χ0v) is 10.5. The highest BCUT2D eigenvalue weighted by atomic mass is 19.2. The molecule has 2 rings (SSSR count). The van der Waals surface area contributed by atoms with Crippen LogP contribution >= 0.6 is 0 Å². The average molecular weight is 271 g/mol. The third kappa shape index (κ3) is 2.84. The van der Waals surface area contributed by atoms with Gasteiger partial charge >= 0.3 is 5.97 Å². The quantitative estimate of drug-likeness (QED) is 0.827. The fourth-order valence-corrected chi connectivity index (χ4v) is 1.90. The van der Waals surface area contributed by atoms with Crippen molar-refractivity contribution in [2.75, 3.05) is 13.7 Å². The van der Waals surface area contributed by atoms with Crippen LogP contribution < -0.4 is 10.5 Å². The minimum absolute atomic E-state index is 0.00486. The van der Waals surface area contributed by atoms with Crippen LogP contribution in [0.2, 0.25) is 0 Å². The predicted molar refractivity (Wildman–Crippen MR) is 63.5 cm³/mol. The van der Waals surface area contributed by atoms with Crippen molar-refractivity contribution in [3.05, 3.63) is 29.8 Å². The van der Waals surface area contributed by atoms with Crippen LogP contribution in [0.25, 0.3) is 0 Å². The molecule has 0 aliphatic heterocycles. The maximum Gasteiger partial charge on any atom is 0.329 e. The van der Waals surface area contributed by atoms with E-state index in [1.54, 1.807) is 0 Å². The zero-order chi connectivity index (χ0) is 14.0. The Morgan fingerprint density at radius 2 is 2.11 bits per heavy atom. The van der Waals surface area contributed by atoms with Crippen molar-refractivity contribution < 1.29 is 23.0 Å². The van der Waals surface area contributed by atoms with E-state index in [0.29, 0.717) is 0 Å². The van der Waals surface area contributed by atoms with Gasteiger partial charge in [0.1, 0.15) is 12.4 Å². The topological polar surface area (TPSA) is 61.5 Å². The molecule has 6 heteroatoms. The molecule has 19 heavy (non-hydrogen) atoms. The van der Waals surface area contributed by atoms with Gasteiger partial charge in [0.25, 0.3) is 0 Å². The highest BCUT2D eigenvalue weighted by Gasteiger charge is 2.49. The molecule has 0 bridgehead atoms. The summed E-state index contributed by atoms with van der Waals surface area (Å²) < 4.78 is 35.8. The minimum Gasteiger partial charge on any atom is -0.491 e. The Bertz CT molecular complexity index is 491. The van der Waals surface area contributed by atoms with Crippen molar-refractivity contribution in [1.82, 2.24) is 0 Å². The molecule has 0 aromatic heterocycles. The molecule has 104 valence electrons. The molecule has 1 unspecified atom stereocenters. The maximum absolute atomic E-state index is 13.0. The van der Waals surface area contributed by atoms with Crippen molar-refractivity contribution in [2.45, 2.75) is 18.4 Å². The van der Waals surface area contributed by atoms with Crippen LogP contribution in [0.3, 0.4) is 0 Å². The Kier molecular flexibility index (Phi) is 3.71. The highest BCUT2D eigenvalue weighted by Crippen LogP contribution is 2.39. The maximum atomic E-state index is 13.0. The molecule has 0 saturated heterocycles. The number of carbonyl (C=O) groups is 1. The van der Waals surface area contributed by atoms with Crippen molar-refractivity contribution >= 4 is 5.97 Å². The molecular formula is C13H15F2NO3. The van der Waals surface area contributed by atoms with Gasteiger partial charge < -0.3 is 15.2 Å². The van der Waals surface area contributed by atoms with Crippen LogP contribution in [-0.2, 0) is 9.53 Å². The summed E-state index contributed by atoms with van der Waals surface area (Å²) in [5, 5.41) is 0. The van der Waals surface area contributed by atoms with E-state index in [2.05, 4.69) is 4.74 Å². The molecule has 1 aromatic rings. The van der Waals surface area contributed by atoms with Gasteiger partial charge in [-0.2, -0.15) is 0 Å². The Morgan fingerprint density at radius 3 is 2.63 bits per heavy atom. The largest absolute Gasteiger partial charge is 0.491 e. The third-order valence-corrected chi connectivity index (χ3v) is 3.24. The normalized spacial score (nSPS) is 17.7. The van der Waals surface area contributed by atoms with Crippen molar-refractivity contribution in [1.29, 1.82) is 0 Å². The lowest BCUT2D eigenvalue weighted by atomic mass is 9.96. The second kappa shape index (κ2) is 5.13. The Hall–Kier alpha value is -1.69. The summed E-state index contributed by atoms with van der Waals surface area (Å²) >= 11 is 0. The van der Waals surface area contributed by atoms with Gasteiger partial charge in [0.15, 0.2) is 17.2 Å². The SMILES string of the molecule is COC(=O)C(N)(COc1ccc(F)c(F)c1)C1CC1. The van der Waals surface area contributed by atoms with Gasteiger partial charge in [0.2, 0.25) is 0 Å². The second-order valence-electron chi connectivity index (χ2n) is 4.67. The first-order chi connectivity index (χ1) is 8.97. The number of carbonyl (C=O) groups excluding carboxylic acids is 1. The Morgan fingerprint density at radius 1 is 1.42 bits per heavy atom. The number of rotatable bonds is 5. The number of hydrogen-bond donors (Lipinski definition) is 1. The summed E-state index contributed by atoms with van der Waals surface area (Å²) in [5.41, 5.74) is 4.77. The van der Waals surface area contributed by atoms with Crippen molar-refractivity contribution in [2.24, 2.45) is 11.7 Å². The van der Waals surface area contributed by atoms with Gasteiger partial charge in [-0.25, -0.2) is 13.6 Å². The molecule has 1 atom stereocenters. The van der Waals surface area contributed by atoms with E-state index in [9.17, 15) is 13.6 Å². The standard InChI is InChI=1S/C13H15F2NO3/c1-18-12(17)13(16,8-2-3-8)7-19-9-4-5-10(14)11(15)6-9/h4-6,8H,2-3,7,16H2,1H3. The van der Waals surface area contributed by atoms with Crippen molar-refractivity contribution in [3.8, 4) is 5.75 Å². The van der Waals surface area contributed by atoms with Crippen LogP contribution in [0.5, 0.6) is 5.75 Å². The van der Waals surface area contributed by atoms with Crippen LogP contribution in [0.4, 0.5) is 8.78 Å². The minimum atomic E-state index is -1.24. The number of methoxy groups -OCH3 is 1. The first-order valence-electron chi connectivity index (χ1n) is 5.92. The van der Waals surface area contributed by atoms with E-state index < -0.39 is 23.1 Å². The zero-order valence-electron chi connectivity index (χ0n) is 10.5. The fraction of sp³-hybridized carbons (Fsp3) is 0.462. The monoisotopic (exact) mass is 271 g/mol. The molecular weight excluding hydrogens is 256 g/mol. The van der Waals surface area contributed by atoms with E-state index in [-0.39, 0.29) is 18.3 Å². The van der Waals surface area contributed by atoms with Crippen LogP contribution in [-0.4, -0.2) is 25.2 Å². The first kappa shape index (κ1) is 13.7. The van der Waals surface area contributed by atoms with E-state index >= 15 is 0 Å². The molecule has 0 heterocycles. The van der Waals surface area contributed by atoms with E-state index in [1.165, 1.54) is 13.2 Å². The highest BCUT2D eigenvalue weighted by molar-refractivity contribution is 5.81. The number of nitrogens with two attached hydrogens (primary N) is 1. The van der Waals surface area contributed by atoms with E-state index in [0.717, 1.165) is 25.0 Å². The van der Waals surface area contributed by atoms with Gasteiger partial charge in [0.05, 0.1) is 7.11 Å². The molecule has 0 spiro atoms. The van der Waals surface area contributed by atoms with Gasteiger partial charge in [-0.15, -0.1) is 0 Å². The smallest absolute Gasteiger partial charge is 0.329 e. The molecule has 1 aliphatic carbocycles. The van der Waals surface area contributed by atoms with E-state index in [4.69, 9.17) is 10.5 Å². The lowest BCUT2D eigenvalue weighted by Crippen LogP contribution is -2.55. The number of ether oxygens (including phenoxy) is 2. The Balaban J connectivity index is 2.06. The van der Waals surface area contributed by atoms with E-state index in [1.807, 2.05) is 0 Å². The third-order valence-electron chi connectivity index (χ3n) is 3.24. The summed E-state index contributed by atoms with van der Waals surface area (Å²) in [5.74, 6) is -2.40. The molecule has 0 amide bonds. The second-order valence-corrected chi connectivity index (χ2v) is 4.67. The van der Waals surface area contributed by atoms with Gasteiger partial charge in [-0.3, -0.25) is 0 Å². The number of hydrogen-bond acceptors (Lipinski definition) is 4. The number of benzene rings is 1. The predicted octanol–water partition coefficient (Wildman–Crippen LogP) is 1.62. The molecule has 1 aliphatic rings. The summed E-state index contributed by atoms with van der Waals surface area (Å²) in [4.78, 5) is 11.7. The molecule has 0 radical (unpaired) electrons. The number of esters is 1. The fourth-order valence-electron chi connectivity index (χ4n) is 1.90. The molecule has 1 aromatic carbocycles. The average Bonchev–Trinajstić information content (AvgIpc) is 3.23. The van der Waals surface area contributed by atoms with Gasteiger partial charge in [-0.1, -0.05) is 0 Å². The van der Waals surface area contributed by atoms with Crippen LogP contribution in [0.1, 0.15) is 12.8 Å². The first-order valence-corrected chi connectivity index (χ1v) is 5.92. The molecule has 1 fully saturated rings. The summed E-state index contributed by atoms with van der Waals surface area (Å²) in [7, 11) is 1.25. The number of halogens is 2. The molecule has 1 saturated carbocycles. The summed E-state index contributed by atoms with van der Waals surface area (Å²) in [6.45, 7) is -0.130. The van der Waals surface area contributed by atoms with Crippen LogP contribution in [0.15, 0.2) is 18.2 Å². The van der Waals surface area contributed by atoms with Gasteiger partial charge in [-0.05, 0) is 30.9 Å². The molecule has 4 nitrogen and oxygen atoms in total. The lowest BCUT2D eigenvalue weighted by Gasteiger charge is -2.26. The summed E-state index contributed by atoms with van der Waals surface area (Å²) in [6.07, 6.45) is 1.65. The lowest BCUT2D eigenvalue weighted by molar-refractivity contribution is -0.149. The van der Waals surface area contributed by atoms with Crippen LogP contribution in [0, 0.1) is 17.6 Å².